The van der Waals surface area contributed by atoms with E-state index in [-0.39, 0.29) is 23.4 Å². The molecule has 0 aliphatic rings. The highest BCUT2D eigenvalue weighted by Gasteiger charge is 2.19. The van der Waals surface area contributed by atoms with Crippen LogP contribution in [0.4, 0.5) is 0 Å². The molecule has 0 atom stereocenters. The van der Waals surface area contributed by atoms with Gasteiger partial charge in [0.1, 0.15) is 5.56 Å². The van der Waals surface area contributed by atoms with Gasteiger partial charge in [-0.2, -0.15) is 0 Å². The van der Waals surface area contributed by atoms with Crippen molar-refractivity contribution in [2.45, 2.75) is 13.8 Å². The van der Waals surface area contributed by atoms with Crippen molar-refractivity contribution in [1.82, 2.24) is 15.2 Å². The summed E-state index contributed by atoms with van der Waals surface area (Å²) in [5.74, 6) is -0.712. The third kappa shape index (κ3) is 3.19. The number of H-pyrrole nitrogens is 1. The Bertz CT molecular complexity index is 508. The Morgan fingerprint density at radius 3 is 2.61 bits per heavy atom. The van der Waals surface area contributed by atoms with Gasteiger partial charge in [-0.3, -0.25) is 14.4 Å². The Balaban J connectivity index is 2.96. The Morgan fingerprint density at radius 2 is 2.11 bits per heavy atom. The van der Waals surface area contributed by atoms with Crippen molar-refractivity contribution in [2.75, 3.05) is 20.1 Å². The van der Waals surface area contributed by atoms with Crippen molar-refractivity contribution in [1.29, 1.82) is 0 Å². The molecule has 2 amide bonds. The molecule has 98 valence electrons. The minimum absolute atomic E-state index is 0.0475. The van der Waals surface area contributed by atoms with Crippen LogP contribution in [-0.4, -0.2) is 41.8 Å². The summed E-state index contributed by atoms with van der Waals surface area (Å²) in [6.07, 6.45) is 1.38. The Labute approximate surface area is 105 Å². The number of nitrogens with one attached hydrogen (secondary N) is 2. The van der Waals surface area contributed by atoms with E-state index >= 15 is 0 Å². The van der Waals surface area contributed by atoms with Gasteiger partial charge >= 0.3 is 0 Å². The summed E-state index contributed by atoms with van der Waals surface area (Å²) < 4.78 is 0. The number of hydrogen-bond acceptors (Lipinski definition) is 3. The monoisotopic (exact) mass is 251 g/mol. The molecule has 0 unspecified atom stereocenters. The van der Waals surface area contributed by atoms with Gasteiger partial charge in [0, 0.05) is 31.5 Å². The van der Waals surface area contributed by atoms with Gasteiger partial charge in [-0.25, -0.2) is 0 Å². The predicted molar refractivity (Wildman–Crippen MR) is 67.4 cm³/mol. The van der Waals surface area contributed by atoms with Crippen molar-refractivity contribution in [3.63, 3.8) is 0 Å². The molecule has 0 spiro atoms. The van der Waals surface area contributed by atoms with E-state index in [1.54, 1.807) is 13.8 Å². The molecule has 1 aromatic heterocycles. The largest absolute Gasteiger partial charge is 0.364 e. The minimum atomic E-state index is -0.442. The lowest BCUT2D eigenvalue weighted by Crippen LogP contribution is -2.41. The smallest absolute Gasteiger partial charge is 0.259 e. The first-order chi connectivity index (χ1) is 8.49. The van der Waals surface area contributed by atoms with Crippen LogP contribution in [0.15, 0.2) is 17.1 Å². The van der Waals surface area contributed by atoms with Crippen LogP contribution in [0, 0.1) is 6.92 Å². The summed E-state index contributed by atoms with van der Waals surface area (Å²) in [5, 5.41) is 2.44. The maximum Gasteiger partial charge on any atom is 0.259 e. The molecular weight excluding hydrogens is 234 g/mol. The van der Waals surface area contributed by atoms with Crippen LogP contribution in [0.5, 0.6) is 0 Å². The highest BCUT2D eigenvalue weighted by molar-refractivity contribution is 5.96. The van der Waals surface area contributed by atoms with Crippen LogP contribution >= 0.6 is 0 Å². The van der Waals surface area contributed by atoms with E-state index in [0.29, 0.717) is 12.2 Å². The summed E-state index contributed by atoms with van der Waals surface area (Å²) in [4.78, 5) is 39.2. The van der Waals surface area contributed by atoms with E-state index < -0.39 is 5.91 Å². The van der Waals surface area contributed by atoms with Gasteiger partial charge in [-0.15, -0.1) is 0 Å². The first kappa shape index (κ1) is 14.0. The molecule has 0 saturated heterocycles. The summed E-state index contributed by atoms with van der Waals surface area (Å²) >= 11 is 0. The van der Waals surface area contributed by atoms with E-state index in [1.165, 1.54) is 24.2 Å². The van der Waals surface area contributed by atoms with Crippen molar-refractivity contribution in [2.24, 2.45) is 0 Å². The summed E-state index contributed by atoms with van der Waals surface area (Å²) in [6.45, 7) is 3.79. The fraction of sp³-hybridized carbons (Fsp3) is 0.417. The van der Waals surface area contributed by atoms with Gasteiger partial charge in [0.15, 0.2) is 5.43 Å². The molecule has 0 saturated carbocycles. The third-order valence-electron chi connectivity index (χ3n) is 2.57. The van der Waals surface area contributed by atoms with E-state index in [2.05, 4.69) is 10.3 Å². The normalized spacial score (nSPS) is 9.94. The molecule has 1 aromatic rings. The van der Waals surface area contributed by atoms with E-state index in [4.69, 9.17) is 0 Å². The molecule has 2 N–H and O–H groups in total. The summed E-state index contributed by atoms with van der Waals surface area (Å²) in [6, 6.07) is 1.36. The number of carbonyl (C=O) groups excluding carboxylic acids is 2. The van der Waals surface area contributed by atoms with Gasteiger partial charge in [0.25, 0.3) is 5.91 Å². The lowest BCUT2D eigenvalue weighted by molar-refractivity contribution is -0.121. The number of rotatable bonds is 4. The highest BCUT2D eigenvalue weighted by atomic mass is 16.2. The van der Waals surface area contributed by atoms with E-state index in [1.807, 2.05) is 0 Å². The second-order valence-corrected chi connectivity index (χ2v) is 3.89. The zero-order valence-corrected chi connectivity index (χ0v) is 10.7. The molecule has 0 aromatic carbocycles. The molecule has 0 aliphatic heterocycles. The average Bonchev–Trinajstić information content (AvgIpc) is 2.34. The molecule has 18 heavy (non-hydrogen) atoms. The molecule has 0 aliphatic carbocycles. The number of carbonyl (C=O) groups is 2. The maximum atomic E-state index is 12.1. The van der Waals surface area contributed by atoms with Crippen LogP contribution in [0.25, 0.3) is 0 Å². The second-order valence-electron chi connectivity index (χ2n) is 3.89. The quantitative estimate of drug-likeness (QED) is 0.783. The predicted octanol–water partition coefficient (Wildman–Crippen LogP) is -0.109. The van der Waals surface area contributed by atoms with Gasteiger partial charge in [0.2, 0.25) is 5.91 Å². The number of hydrogen-bond donors (Lipinski definition) is 2. The average molecular weight is 251 g/mol. The van der Waals surface area contributed by atoms with E-state index in [0.717, 1.165) is 0 Å². The number of amides is 2. The zero-order chi connectivity index (χ0) is 13.7. The number of aryl methyl sites for hydroxylation is 1. The standard InChI is InChI=1S/C12H17N3O3/c1-4-15(7-11(17)13-3)12(18)9-6-14-8(2)5-10(9)16/h5-6H,4,7H2,1-3H3,(H,13,17)(H,14,16). The number of pyridine rings is 1. The highest BCUT2D eigenvalue weighted by Crippen LogP contribution is 2.00. The topological polar surface area (TPSA) is 82.3 Å². The van der Waals surface area contributed by atoms with Crippen molar-refractivity contribution in [3.05, 3.63) is 33.7 Å². The molecule has 6 nitrogen and oxygen atoms in total. The molecular formula is C12H17N3O3. The molecule has 1 heterocycles. The fourth-order valence-corrected chi connectivity index (χ4v) is 1.49. The number of nitrogens with zero attached hydrogens (tertiary/aromatic N) is 1. The number of likely N-dealkylation sites (N-methyl/N-ethyl adjacent to an activating group) is 2. The van der Waals surface area contributed by atoms with Crippen LogP contribution in [0.1, 0.15) is 23.0 Å². The van der Waals surface area contributed by atoms with Crippen molar-refractivity contribution < 1.29 is 9.59 Å². The summed E-state index contributed by atoms with van der Waals surface area (Å²) in [5.41, 5.74) is 0.392. The number of aromatic amines is 1. The van der Waals surface area contributed by atoms with Crippen molar-refractivity contribution in [3.8, 4) is 0 Å². The van der Waals surface area contributed by atoms with Crippen LogP contribution in [0.2, 0.25) is 0 Å². The maximum absolute atomic E-state index is 12.1. The minimum Gasteiger partial charge on any atom is -0.364 e. The molecule has 0 radical (unpaired) electrons. The summed E-state index contributed by atoms with van der Waals surface area (Å²) in [7, 11) is 1.50. The van der Waals surface area contributed by atoms with Gasteiger partial charge in [-0.05, 0) is 13.8 Å². The van der Waals surface area contributed by atoms with Gasteiger partial charge in [0.05, 0.1) is 6.54 Å². The molecule has 0 bridgehead atoms. The lowest BCUT2D eigenvalue weighted by Gasteiger charge is -2.19. The SMILES string of the molecule is CCN(CC(=O)NC)C(=O)c1c[nH]c(C)cc1=O. The Kier molecular flexibility index (Phi) is 4.65. The van der Waals surface area contributed by atoms with Crippen LogP contribution in [0.3, 0.4) is 0 Å². The first-order valence-electron chi connectivity index (χ1n) is 5.68. The first-order valence-corrected chi connectivity index (χ1v) is 5.68. The Hall–Kier alpha value is -2.11. The fourth-order valence-electron chi connectivity index (χ4n) is 1.49. The molecule has 1 rings (SSSR count). The number of aromatic nitrogens is 1. The lowest BCUT2D eigenvalue weighted by atomic mass is 10.2. The van der Waals surface area contributed by atoms with Crippen molar-refractivity contribution >= 4 is 11.8 Å². The second kappa shape index (κ2) is 6.00. The Morgan fingerprint density at radius 1 is 1.44 bits per heavy atom. The zero-order valence-electron chi connectivity index (χ0n) is 10.7. The van der Waals surface area contributed by atoms with Crippen LogP contribution in [-0.2, 0) is 4.79 Å². The molecule has 0 fully saturated rings. The van der Waals surface area contributed by atoms with Gasteiger partial charge < -0.3 is 15.2 Å². The molecule has 6 heteroatoms. The van der Waals surface area contributed by atoms with Crippen LogP contribution < -0.4 is 10.7 Å². The third-order valence-corrected chi connectivity index (χ3v) is 2.57. The van der Waals surface area contributed by atoms with Gasteiger partial charge in [-0.1, -0.05) is 0 Å². The van der Waals surface area contributed by atoms with E-state index in [9.17, 15) is 14.4 Å².